The molecule has 0 aromatic carbocycles. The third kappa shape index (κ3) is 2.63. The Morgan fingerprint density at radius 1 is 1.60 bits per heavy atom. The fourth-order valence-electron chi connectivity index (χ4n) is 1.47. The Bertz CT molecular complexity index is 321. The van der Waals surface area contributed by atoms with E-state index in [-0.39, 0.29) is 12.1 Å². The highest BCUT2D eigenvalue weighted by atomic mass is 32.1. The number of carbonyl (C=O) groups excluding carboxylic acids is 1. The van der Waals surface area contributed by atoms with E-state index >= 15 is 0 Å². The van der Waals surface area contributed by atoms with Crippen molar-refractivity contribution < 1.29 is 9.90 Å². The number of hydrogen-bond acceptors (Lipinski definition) is 5. The largest absolute Gasteiger partial charge is 0.393 e. The van der Waals surface area contributed by atoms with Crippen molar-refractivity contribution >= 4 is 22.5 Å². The van der Waals surface area contributed by atoms with Crippen LogP contribution in [0.5, 0.6) is 0 Å². The molecule has 1 aromatic rings. The van der Waals surface area contributed by atoms with Crippen molar-refractivity contribution in [3.05, 3.63) is 5.51 Å². The van der Waals surface area contributed by atoms with E-state index in [4.69, 9.17) is 0 Å². The van der Waals surface area contributed by atoms with Crippen LogP contribution in [0.15, 0.2) is 5.51 Å². The third-order valence-corrected chi connectivity index (χ3v) is 2.93. The molecule has 1 saturated heterocycles. The van der Waals surface area contributed by atoms with E-state index in [9.17, 15) is 9.90 Å². The number of urea groups is 1. The number of aliphatic hydroxyl groups is 1. The van der Waals surface area contributed by atoms with Gasteiger partial charge in [0.1, 0.15) is 5.51 Å². The van der Waals surface area contributed by atoms with Gasteiger partial charge in [-0.3, -0.25) is 5.32 Å². The topological polar surface area (TPSA) is 78.4 Å². The van der Waals surface area contributed by atoms with E-state index in [1.807, 2.05) is 0 Å². The molecular weight excluding hydrogens is 216 g/mol. The molecule has 2 amide bonds. The summed E-state index contributed by atoms with van der Waals surface area (Å²) < 4.78 is 0. The molecule has 0 bridgehead atoms. The molecule has 0 atom stereocenters. The first-order valence-electron chi connectivity index (χ1n) is 4.76. The Kier molecular flexibility index (Phi) is 3.12. The van der Waals surface area contributed by atoms with Gasteiger partial charge >= 0.3 is 6.03 Å². The third-order valence-electron chi connectivity index (χ3n) is 2.33. The highest BCUT2D eigenvalue weighted by molar-refractivity contribution is 7.13. The van der Waals surface area contributed by atoms with Crippen molar-refractivity contribution in [2.75, 3.05) is 18.4 Å². The summed E-state index contributed by atoms with van der Waals surface area (Å²) in [5.41, 5.74) is 1.57. The van der Waals surface area contributed by atoms with E-state index in [0.717, 1.165) is 0 Å². The highest BCUT2D eigenvalue weighted by Gasteiger charge is 2.21. The molecule has 1 aliphatic rings. The molecule has 15 heavy (non-hydrogen) atoms. The number of nitrogens with one attached hydrogen (secondary N) is 1. The fraction of sp³-hybridized carbons (Fsp3) is 0.625. The van der Waals surface area contributed by atoms with Crippen molar-refractivity contribution in [2.45, 2.75) is 18.9 Å². The van der Waals surface area contributed by atoms with Crippen LogP contribution in [0, 0.1) is 0 Å². The molecule has 1 fully saturated rings. The van der Waals surface area contributed by atoms with Gasteiger partial charge in [0, 0.05) is 13.1 Å². The molecule has 0 spiro atoms. The second-order valence-corrected chi connectivity index (χ2v) is 4.23. The maximum atomic E-state index is 11.6. The van der Waals surface area contributed by atoms with Gasteiger partial charge in [-0.15, -0.1) is 10.2 Å². The lowest BCUT2D eigenvalue weighted by atomic mass is 10.1. The lowest BCUT2D eigenvalue weighted by Gasteiger charge is -2.29. The van der Waals surface area contributed by atoms with Crippen LogP contribution in [0.4, 0.5) is 9.93 Å². The lowest BCUT2D eigenvalue weighted by Crippen LogP contribution is -2.42. The first-order valence-corrected chi connectivity index (χ1v) is 5.64. The SMILES string of the molecule is O=C(Nc1nncs1)N1CCC(O)CC1. The van der Waals surface area contributed by atoms with Crippen molar-refractivity contribution in [2.24, 2.45) is 0 Å². The molecule has 82 valence electrons. The van der Waals surface area contributed by atoms with Gasteiger partial charge in [-0.25, -0.2) is 4.79 Å². The minimum absolute atomic E-state index is 0.168. The molecule has 0 radical (unpaired) electrons. The fourth-order valence-corrected chi connectivity index (χ4v) is 1.90. The maximum absolute atomic E-state index is 11.6. The summed E-state index contributed by atoms with van der Waals surface area (Å²) in [5.74, 6) is 0. The Balaban J connectivity index is 1.86. The predicted molar refractivity (Wildman–Crippen MR) is 55.7 cm³/mol. The zero-order valence-corrected chi connectivity index (χ0v) is 8.90. The van der Waals surface area contributed by atoms with Crippen LogP contribution in [0.3, 0.4) is 0 Å². The first kappa shape index (κ1) is 10.3. The molecule has 2 N–H and O–H groups in total. The molecule has 6 nitrogen and oxygen atoms in total. The number of aliphatic hydroxyl groups excluding tert-OH is 1. The van der Waals surface area contributed by atoms with Crippen LogP contribution in [-0.2, 0) is 0 Å². The van der Waals surface area contributed by atoms with Crippen LogP contribution >= 0.6 is 11.3 Å². The average Bonchev–Trinajstić information content (AvgIpc) is 2.71. The lowest BCUT2D eigenvalue weighted by molar-refractivity contribution is 0.0972. The molecule has 1 aromatic heterocycles. The molecule has 0 unspecified atom stereocenters. The number of carbonyl (C=O) groups is 1. The van der Waals surface area contributed by atoms with Gasteiger partial charge < -0.3 is 10.0 Å². The van der Waals surface area contributed by atoms with E-state index in [1.54, 1.807) is 10.4 Å². The van der Waals surface area contributed by atoms with E-state index in [1.165, 1.54) is 11.3 Å². The standard InChI is InChI=1S/C8H12N4O2S/c13-6-1-3-12(4-2-6)8(14)10-7-11-9-5-15-7/h5-6,13H,1-4H2,(H,10,11,14). The molecule has 1 aliphatic heterocycles. The second kappa shape index (κ2) is 4.54. The van der Waals surface area contributed by atoms with Crippen LogP contribution < -0.4 is 5.32 Å². The minimum atomic E-state index is -0.268. The molecule has 2 heterocycles. The van der Waals surface area contributed by atoms with Gasteiger partial charge in [-0.2, -0.15) is 0 Å². The van der Waals surface area contributed by atoms with Crippen LogP contribution in [0.2, 0.25) is 0 Å². The second-order valence-electron chi connectivity index (χ2n) is 3.39. The summed E-state index contributed by atoms with van der Waals surface area (Å²) >= 11 is 1.29. The predicted octanol–water partition coefficient (Wildman–Crippen LogP) is 0.527. The molecule has 0 saturated carbocycles. The summed E-state index contributed by atoms with van der Waals surface area (Å²) in [4.78, 5) is 13.3. The number of hydrogen-bond donors (Lipinski definition) is 2. The quantitative estimate of drug-likeness (QED) is 0.734. The van der Waals surface area contributed by atoms with Crippen molar-refractivity contribution in [3.63, 3.8) is 0 Å². The summed E-state index contributed by atoms with van der Waals surface area (Å²) in [6.07, 6.45) is 1.02. The number of aromatic nitrogens is 2. The summed E-state index contributed by atoms with van der Waals surface area (Å²) in [6.45, 7) is 1.18. The Hall–Kier alpha value is -1.21. The summed E-state index contributed by atoms with van der Waals surface area (Å²) in [7, 11) is 0. The van der Waals surface area contributed by atoms with E-state index < -0.39 is 0 Å². The number of amides is 2. The molecule has 2 rings (SSSR count). The van der Waals surface area contributed by atoms with Crippen LogP contribution in [-0.4, -0.2) is 45.4 Å². The maximum Gasteiger partial charge on any atom is 0.323 e. The molecular formula is C8H12N4O2S. The Labute approximate surface area is 90.9 Å². The smallest absolute Gasteiger partial charge is 0.323 e. The summed E-state index contributed by atoms with van der Waals surface area (Å²) in [6, 6.07) is -0.168. The Morgan fingerprint density at radius 3 is 2.93 bits per heavy atom. The average molecular weight is 228 g/mol. The minimum Gasteiger partial charge on any atom is -0.393 e. The van der Waals surface area contributed by atoms with Gasteiger partial charge in [0.25, 0.3) is 0 Å². The number of piperidine rings is 1. The van der Waals surface area contributed by atoms with Gasteiger partial charge in [0.15, 0.2) is 0 Å². The normalized spacial score (nSPS) is 17.8. The van der Waals surface area contributed by atoms with Gasteiger partial charge in [0.05, 0.1) is 6.10 Å². The Morgan fingerprint density at radius 2 is 2.33 bits per heavy atom. The van der Waals surface area contributed by atoms with E-state index in [0.29, 0.717) is 31.1 Å². The number of rotatable bonds is 1. The van der Waals surface area contributed by atoms with Crippen molar-refractivity contribution in [3.8, 4) is 0 Å². The van der Waals surface area contributed by atoms with Crippen molar-refractivity contribution in [1.82, 2.24) is 15.1 Å². The van der Waals surface area contributed by atoms with Crippen molar-refractivity contribution in [1.29, 1.82) is 0 Å². The van der Waals surface area contributed by atoms with Gasteiger partial charge in [-0.1, -0.05) is 11.3 Å². The van der Waals surface area contributed by atoms with Crippen LogP contribution in [0.25, 0.3) is 0 Å². The highest BCUT2D eigenvalue weighted by Crippen LogP contribution is 2.13. The summed E-state index contributed by atoms with van der Waals surface area (Å²) in [5, 5.41) is 19.8. The first-order chi connectivity index (χ1) is 7.25. The van der Waals surface area contributed by atoms with Gasteiger partial charge in [-0.05, 0) is 12.8 Å². The van der Waals surface area contributed by atoms with Gasteiger partial charge in [0.2, 0.25) is 5.13 Å². The number of likely N-dealkylation sites (tertiary alicyclic amines) is 1. The number of anilines is 1. The zero-order chi connectivity index (χ0) is 10.7. The van der Waals surface area contributed by atoms with Crippen LogP contribution in [0.1, 0.15) is 12.8 Å². The number of nitrogens with zero attached hydrogens (tertiary/aromatic N) is 3. The monoisotopic (exact) mass is 228 g/mol. The zero-order valence-electron chi connectivity index (χ0n) is 8.09. The van der Waals surface area contributed by atoms with E-state index in [2.05, 4.69) is 15.5 Å². The molecule has 7 heteroatoms. The molecule has 0 aliphatic carbocycles.